The molecule has 5 heteroatoms. The summed E-state index contributed by atoms with van der Waals surface area (Å²) in [5.41, 5.74) is 0.669. The lowest BCUT2D eigenvalue weighted by Crippen LogP contribution is -2.31. The Hall–Kier alpha value is -1.07. The summed E-state index contributed by atoms with van der Waals surface area (Å²) in [7, 11) is 0. The molecule has 1 aromatic rings. The van der Waals surface area contributed by atoms with Gasteiger partial charge in [0.25, 0.3) is 5.91 Å². The van der Waals surface area contributed by atoms with Gasteiger partial charge in [-0.15, -0.1) is 11.8 Å². The molecule has 114 valence electrons. The van der Waals surface area contributed by atoms with E-state index >= 15 is 0 Å². The number of pyridine rings is 1. The van der Waals surface area contributed by atoms with E-state index in [0.29, 0.717) is 11.6 Å². The van der Waals surface area contributed by atoms with Gasteiger partial charge >= 0.3 is 0 Å². The fourth-order valence-corrected chi connectivity index (χ4v) is 3.41. The van der Waals surface area contributed by atoms with E-state index < -0.39 is 0 Å². The molecule has 4 nitrogen and oxygen atoms in total. The van der Waals surface area contributed by atoms with Crippen molar-refractivity contribution in [3.05, 3.63) is 23.9 Å². The quantitative estimate of drug-likeness (QED) is 0.821. The van der Waals surface area contributed by atoms with Crippen molar-refractivity contribution in [2.75, 3.05) is 25.4 Å². The van der Waals surface area contributed by atoms with E-state index in [-0.39, 0.29) is 5.91 Å². The van der Waals surface area contributed by atoms with E-state index in [4.69, 9.17) is 0 Å². The van der Waals surface area contributed by atoms with Gasteiger partial charge < -0.3 is 10.2 Å². The number of nitrogens with zero attached hydrogens (tertiary/aromatic N) is 2. The number of hydrogen-bond donors (Lipinski definition) is 1. The van der Waals surface area contributed by atoms with Gasteiger partial charge in [0, 0.05) is 24.5 Å². The molecule has 1 saturated carbocycles. The van der Waals surface area contributed by atoms with Gasteiger partial charge in [0.15, 0.2) is 0 Å². The molecule has 2 aliphatic rings. The molecule has 0 spiro atoms. The molecule has 1 N–H and O–H groups in total. The summed E-state index contributed by atoms with van der Waals surface area (Å²) in [5, 5.41) is 3.99. The molecule has 2 fully saturated rings. The SMILES string of the molecule is O=C(NC1CC1)c1ccc(SCCN2CCCCC2)nc1. The maximum absolute atomic E-state index is 11.9. The molecule has 0 radical (unpaired) electrons. The van der Waals surface area contributed by atoms with E-state index in [1.807, 2.05) is 12.1 Å². The molecule has 1 saturated heterocycles. The maximum Gasteiger partial charge on any atom is 0.253 e. The summed E-state index contributed by atoms with van der Waals surface area (Å²) >= 11 is 1.78. The van der Waals surface area contributed by atoms with Crippen LogP contribution in [0.15, 0.2) is 23.4 Å². The number of hydrogen-bond acceptors (Lipinski definition) is 4. The third-order valence-electron chi connectivity index (χ3n) is 4.02. The summed E-state index contributed by atoms with van der Waals surface area (Å²) in [6.45, 7) is 3.62. The second kappa shape index (κ2) is 7.27. The van der Waals surface area contributed by atoms with Gasteiger partial charge in [0.1, 0.15) is 0 Å². The molecule has 1 aromatic heterocycles. The fourth-order valence-electron chi connectivity index (χ4n) is 2.56. The van der Waals surface area contributed by atoms with Crippen molar-refractivity contribution in [1.82, 2.24) is 15.2 Å². The van der Waals surface area contributed by atoms with Gasteiger partial charge in [-0.05, 0) is 50.9 Å². The minimum atomic E-state index is 0.00914. The zero-order valence-corrected chi connectivity index (χ0v) is 13.2. The minimum Gasteiger partial charge on any atom is -0.349 e. The Balaban J connectivity index is 1.42. The molecule has 1 aliphatic carbocycles. The molecule has 0 bridgehead atoms. The van der Waals surface area contributed by atoms with E-state index in [2.05, 4.69) is 15.2 Å². The Bertz CT molecular complexity index is 467. The lowest BCUT2D eigenvalue weighted by molar-refractivity contribution is 0.0950. The summed E-state index contributed by atoms with van der Waals surface area (Å²) in [4.78, 5) is 18.8. The molecule has 1 amide bonds. The van der Waals surface area contributed by atoms with Crippen LogP contribution < -0.4 is 5.32 Å². The van der Waals surface area contributed by atoms with Crippen LogP contribution >= 0.6 is 11.8 Å². The van der Waals surface area contributed by atoms with Crippen molar-refractivity contribution in [2.45, 2.75) is 43.2 Å². The van der Waals surface area contributed by atoms with Gasteiger partial charge in [0.05, 0.1) is 10.6 Å². The number of piperidine rings is 1. The predicted molar refractivity (Wildman–Crippen MR) is 85.7 cm³/mol. The summed E-state index contributed by atoms with van der Waals surface area (Å²) in [6.07, 6.45) is 7.99. The highest BCUT2D eigenvalue weighted by atomic mass is 32.2. The van der Waals surface area contributed by atoms with Crippen molar-refractivity contribution < 1.29 is 4.79 Å². The molecule has 3 rings (SSSR count). The van der Waals surface area contributed by atoms with E-state index in [0.717, 1.165) is 30.2 Å². The molecular formula is C16H23N3OS. The van der Waals surface area contributed by atoms with Crippen LogP contribution in [-0.2, 0) is 0 Å². The van der Waals surface area contributed by atoms with Crippen LogP contribution in [0.1, 0.15) is 42.5 Å². The monoisotopic (exact) mass is 305 g/mol. The van der Waals surface area contributed by atoms with Gasteiger partial charge in [-0.25, -0.2) is 4.98 Å². The van der Waals surface area contributed by atoms with E-state index in [1.165, 1.54) is 32.4 Å². The highest BCUT2D eigenvalue weighted by molar-refractivity contribution is 7.99. The zero-order valence-electron chi connectivity index (χ0n) is 12.4. The molecule has 0 unspecified atom stereocenters. The number of nitrogens with one attached hydrogen (secondary N) is 1. The Kier molecular flexibility index (Phi) is 5.14. The summed E-state index contributed by atoms with van der Waals surface area (Å²) in [6, 6.07) is 4.24. The molecular weight excluding hydrogens is 282 g/mol. The maximum atomic E-state index is 11.9. The molecule has 2 heterocycles. The van der Waals surface area contributed by atoms with Crippen LogP contribution in [0.25, 0.3) is 0 Å². The van der Waals surface area contributed by atoms with Crippen LogP contribution in [-0.4, -0.2) is 47.2 Å². The van der Waals surface area contributed by atoms with Crippen molar-refractivity contribution in [1.29, 1.82) is 0 Å². The number of aromatic nitrogens is 1. The van der Waals surface area contributed by atoms with Gasteiger partial charge in [0.2, 0.25) is 0 Å². The molecule has 21 heavy (non-hydrogen) atoms. The highest BCUT2D eigenvalue weighted by Gasteiger charge is 2.23. The Morgan fingerprint density at radius 1 is 1.29 bits per heavy atom. The van der Waals surface area contributed by atoms with Crippen LogP contribution in [0.2, 0.25) is 0 Å². The van der Waals surface area contributed by atoms with E-state index in [1.54, 1.807) is 18.0 Å². The number of amides is 1. The smallest absolute Gasteiger partial charge is 0.253 e. The second-order valence-electron chi connectivity index (χ2n) is 5.88. The van der Waals surface area contributed by atoms with Gasteiger partial charge in [-0.3, -0.25) is 4.79 Å². The highest BCUT2D eigenvalue weighted by Crippen LogP contribution is 2.20. The largest absolute Gasteiger partial charge is 0.349 e. The zero-order chi connectivity index (χ0) is 14.5. The average Bonchev–Trinajstić information content (AvgIpc) is 3.33. The predicted octanol–water partition coefficient (Wildman–Crippen LogP) is 2.55. The van der Waals surface area contributed by atoms with Crippen molar-refractivity contribution in [2.24, 2.45) is 0 Å². The molecule has 0 aromatic carbocycles. The third kappa shape index (κ3) is 4.71. The topological polar surface area (TPSA) is 45.2 Å². The van der Waals surface area contributed by atoms with Crippen molar-refractivity contribution >= 4 is 17.7 Å². The Morgan fingerprint density at radius 3 is 2.76 bits per heavy atom. The minimum absolute atomic E-state index is 0.00914. The first-order valence-electron chi connectivity index (χ1n) is 7.93. The van der Waals surface area contributed by atoms with E-state index in [9.17, 15) is 4.79 Å². The average molecular weight is 305 g/mol. The second-order valence-corrected chi connectivity index (χ2v) is 7.00. The van der Waals surface area contributed by atoms with Crippen LogP contribution in [0.4, 0.5) is 0 Å². The lowest BCUT2D eigenvalue weighted by Gasteiger charge is -2.25. The Morgan fingerprint density at radius 2 is 2.10 bits per heavy atom. The third-order valence-corrected chi connectivity index (χ3v) is 4.94. The number of thioether (sulfide) groups is 1. The fraction of sp³-hybridized carbons (Fsp3) is 0.625. The standard InChI is InChI=1S/C16H23N3OS/c20-16(18-14-5-6-14)13-4-7-15(17-12-13)21-11-10-19-8-2-1-3-9-19/h4,7,12,14H,1-3,5-6,8-11H2,(H,18,20). The van der Waals surface area contributed by atoms with Crippen molar-refractivity contribution in [3.8, 4) is 0 Å². The van der Waals surface area contributed by atoms with Gasteiger partial charge in [-0.1, -0.05) is 6.42 Å². The number of carbonyl (C=O) groups excluding carboxylic acids is 1. The first kappa shape index (κ1) is 14.9. The van der Waals surface area contributed by atoms with Crippen LogP contribution in [0.3, 0.4) is 0 Å². The summed E-state index contributed by atoms with van der Waals surface area (Å²) < 4.78 is 0. The number of likely N-dealkylation sites (tertiary alicyclic amines) is 1. The number of rotatable bonds is 6. The lowest BCUT2D eigenvalue weighted by atomic mass is 10.1. The summed E-state index contributed by atoms with van der Waals surface area (Å²) in [5.74, 6) is 1.08. The first-order chi connectivity index (χ1) is 10.3. The van der Waals surface area contributed by atoms with Gasteiger partial charge in [-0.2, -0.15) is 0 Å². The van der Waals surface area contributed by atoms with Crippen molar-refractivity contribution in [3.63, 3.8) is 0 Å². The Labute approximate surface area is 130 Å². The molecule has 0 atom stereocenters. The normalized spacial score (nSPS) is 19.4. The first-order valence-corrected chi connectivity index (χ1v) is 8.92. The molecule has 1 aliphatic heterocycles. The number of carbonyl (C=O) groups is 1. The van der Waals surface area contributed by atoms with Crippen LogP contribution in [0.5, 0.6) is 0 Å². The van der Waals surface area contributed by atoms with Crippen LogP contribution in [0, 0.1) is 0 Å².